The summed E-state index contributed by atoms with van der Waals surface area (Å²) in [7, 11) is 0. The Hall–Kier alpha value is -1.62. The predicted molar refractivity (Wildman–Crippen MR) is 70.2 cm³/mol. The minimum atomic E-state index is -0.965. The first-order valence-corrected chi connectivity index (χ1v) is 5.98. The molecule has 0 saturated carbocycles. The molecule has 1 aromatic rings. The summed E-state index contributed by atoms with van der Waals surface area (Å²) in [5.41, 5.74) is 2.14. The average Bonchev–Trinajstić information content (AvgIpc) is 2.22. The normalized spacial score (nSPS) is 10.7. The van der Waals surface area contributed by atoms with Crippen LogP contribution in [-0.2, 0) is 4.74 Å². The third kappa shape index (κ3) is 4.00. The molecule has 0 fully saturated rings. The Morgan fingerprint density at radius 3 is 2.72 bits per heavy atom. The second-order valence-electron chi connectivity index (χ2n) is 4.42. The SMILES string of the molecule is Cc1cc(NCCOC(C)C)c(C(=O)O)c(C)n1. The number of ether oxygens (including phenoxy) is 1. The van der Waals surface area contributed by atoms with Crippen LogP contribution in [0.25, 0.3) is 0 Å². The van der Waals surface area contributed by atoms with Gasteiger partial charge in [0.15, 0.2) is 0 Å². The number of pyridine rings is 1. The lowest BCUT2D eigenvalue weighted by atomic mass is 10.1. The fourth-order valence-corrected chi connectivity index (χ4v) is 1.72. The van der Waals surface area contributed by atoms with Gasteiger partial charge in [-0.3, -0.25) is 4.98 Å². The van der Waals surface area contributed by atoms with Gasteiger partial charge >= 0.3 is 5.97 Å². The monoisotopic (exact) mass is 252 g/mol. The van der Waals surface area contributed by atoms with Crippen molar-refractivity contribution in [2.24, 2.45) is 0 Å². The third-order valence-electron chi connectivity index (χ3n) is 2.41. The maximum absolute atomic E-state index is 11.2. The summed E-state index contributed by atoms with van der Waals surface area (Å²) in [5, 5.41) is 12.3. The molecule has 1 rings (SSSR count). The number of carbonyl (C=O) groups is 1. The minimum Gasteiger partial charge on any atom is -0.478 e. The molecule has 18 heavy (non-hydrogen) atoms. The second-order valence-corrected chi connectivity index (χ2v) is 4.42. The lowest BCUT2D eigenvalue weighted by Crippen LogP contribution is -2.16. The number of hydrogen-bond donors (Lipinski definition) is 2. The molecule has 5 nitrogen and oxygen atoms in total. The molecule has 0 atom stereocenters. The molecule has 0 radical (unpaired) electrons. The van der Waals surface area contributed by atoms with Gasteiger partial charge in [-0.25, -0.2) is 4.79 Å². The van der Waals surface area contributed by atoms with E-state index in [0.717, 1.165) is 5.69 Å². The molecule has 0 saturated heterocycles. The molecule has 1 heterocycles. The zero-order chi connectivity index (χ0) is 13.7. The number of carboxylic acids is 1. The van der Waals surface area contributed by atoms with Crippen LogP contribution in [0.5, 0.6) is 0 Å². The van der Waals surface area contributed by atoms with Crippen LogP contribution in [0.1, 0.15) is 35.6 Å². The van der Waals surface area contributed by atoms with Gasteiger partial charge in [0.25, 0.3) is 0 Å². The van der Waals surface area contributed by atoms with Gasteiger partial charge in [0.2, 0.25) is 0 Å². The molecule has 0 aliphatic heterocycles. The van der Waals surface area contributed by atoms with Crippen molar-refractivity contribution in [3.05, 3.63) is 23.0 Å². The fraction of sp³-hybridized carbons (Fsp3) is 0.538. The quantitative estimate of drug-likeness (QED) is 0.760. The van der Waals surface area contributed by atoms with Crippen LogP contribution in [0.2, 0.25) is 0 Å². The van der Waals surface area contributed by atoms with Crippen molar-refractivity contribution < 1.29 is 14.6 Å². The molecule has 0 bridgehead atoms. The van der Waals surface area contributed by atoms with Crippen molar-refractivity contribution in [3.8, 4) is 0 Å². The van der Waals surface area contributed by atoms with Crippen LogP contribution in [-0.4, -0.2) is 35.3 Å². The molecule has 0 aromatic carbocycles. The van der Waals surface area contributed by atoms with Crippen molar-refractivity contribution in [2.75, 3.05) is 18.5 Å². The summed E-state index contributed by atoms with van der Waals surface area (Å²) in [6, 6.07) is 1.74. The molecule has 2 N–H and O–H groups in total. The van der Waals surface area contributed by atoms with Gasteiger partial charge in [0.1, 0.15) is 5.56 Å². The highest BCUT2D eigenvalue weighted by molar-refractivity contribution is 5.95. The van der Waals surface area contributed by atoms with Crippen LogP contribution in [0, 0.1) is 13.8 Å². The molecular formula is C13H20N2O3. The van der Waals surface area contributed by atoms with E-state index in [4.69, 9.17) is 4.74 Å². The highest BCUT2D eigenvalue weighted by Gasteiger charge is 2.14. The summed E-state index contributed by atoms with van der Waals surface area (Å²) in [5.74, 6) is -0.965. The summed E-state index contributed by atoms with van der Waals surface area (Å²) in [6.07, 6.45) is 0.173. The lowest BCUT2D eigenvalue weighted by Gasteiger charge is -2.13. The number of carboxylic acid groups (broad SMARTS) is 1. The number of nitrogens with zero attached hydrogens (tertiary/aromatic N) is 1. The Morgan fingerprint density at radius 1 is 1.50 bits per heavy atom. The number of rotatable bonds is 6. The minimum absolute atomic E-state index is 0.173. The molecule has 0 spiro atoms. The third-order valence-corrected chi connectivity index (χ3v) is 2.41. The smallest absolute Gasteiger partial charge is 0.339 e. The number of aromatic nitrogens is 1. The Balaban J connectivity index is 2.77. The van der Waals surface area contributed by atoms with Gasteiger partial charge in [-0.15, -0.1) is 0 Å². The largest absolute Gasteiger partial charge is 0.478 e. The van der Waals surface area contributed by atoms with Crippen LogP contribution in [0.15, 0.2) is 6.07 Å². The van der Waals surface area contributed by atoms with Gasteiger partial charge in [0, 0.05) is 12.2 Å². The summed E-state index contributed by atoms with van der Waals surface area (Å²) >= 11 is 0. The summed E-state index contributed by atoms with van der Waals surface area (Å²) in [6.45, 7) is 8.58. The van der Waals surface area contributed by atoms with E-state index in [1.165, 1.54) is 0 Å². The van der Waals surface area contributed by atoms with Gasteiger partial charge in [0.05, 0.1) is 24.1 Å². The lowest BCUT2D eigenvalue weighted by molar-refractivity contribution is 0.0695. The highest BCUT2D eigenvalue weighted by atomic mass is 16.5. The van der Waals surface area contributed by atoms with E-state index in [1.54, 1.807) is 13.0 Å². The van der Waals surface area contributed by atoms with E-state index >= 15 is 0 Å². The first-order valence-electron chi connectivity index (χ1n) is 5.98. The number of nitrogens with one attached hydrogen (secondary N) is 1. The first-order chi connectivity index (χ1) is 8.41. The van der Waals surface area contributed by atoms with Crippen LogP contribution in [0.4, 0.5) is 5.69 Å². The van der Waals surface area contributed by atoms with Gasteiger partial charge < -0.3 is 15.2 Å². The zero-order valence-corrected chi connectivity index (χ0v) is 11.3. The second kappa shape index (κ2) is 6.35. The zero-order valence-electron chi connectivity index (χ0n) is 11.3. The molecule has 0 aliphatic rings. The number of anilines is 1. The topological polar surface area (TPSA) is 71.5 Å². The summed E-state index contributed by atoms with van der Waals surface area (Å²) < 4.78 is 5.40. The standard InChI is InChI=1S/C13H20N2O3/c1-8(2)18-6-5-14-11-7-9(3)15-10(4)12(11)13(16)17/h7-8H,5-6H2,1-4H3,(H,14,15)(H,16,17). The Labute approximate surface area is 107 Å². The summed E-state index contributed by atoms with van der Waals surface area (Å²) in [4.78, 5) is 15.3. The number of aromatic carboxylic acids is 1. The Kier molecular flexibility index (Phi) is 5.09. The molecule has 5 heteroatoms. The van der Waals surface area contributed by atoms with Crippen LogP contribution >= 0.6 is 0 Å². The van der Waals surface area contributed by atoms with Gasteiger partial charge in [-0.05, 0) is 33.8 Å². The van der Waals surface area contributed by atoms with E-state index in [1.807, 2.05) is 20.8 Å². The average molecular weight is 252 g/mol. The van der Waals surface area contributed by atoms with Crippen molar-refractivity contribution in [2.45, 2.75) is 33.8 Å². The van der Waals surface area contributed by atoms with Crippen molar-refractivity contribution in [1.29, 1.82) is 0 Å². The predicted octanol–water partition coefficient (Wildman–Crippen LogP) is 2.23. The van der Waals surface area contributed by atoms with Crippen molar-refractivity contribution >= 4 is 11.7 Å². The molecule has 0 aliphatic carbocycles. The van der Waals surface area contributed by atoms with E-state index < -0.39 is 5.97 Å². The number of hydrogen-bond acceptors (Lipinski definition) is 4. The van der Waals surface area contributed by atoms with Crippen molar-refractivity contribution in [1.82, 2.24) is 4.98 Å². The maximum Gasteiger partial charge on any atom is 0.339 e. The fourth-order valence-electron chi connectivity index (χ4n) is 1.72. The van der Waals surface area contributed by atoms with Crippen LogP contribution < -0.4 is 5.32 Å². The molecule has 0 unspecified atom stereocenters. The van der Waals surface area contributed by atoms with E-state index in [-0.39, 0.29) is 11.7 Å². The van der Waals surface area contributed by atoms with E-state index in [0.29, 0.717) is 24.5 Å². The molecule has 0 amide bonds. The van der Waals surface area contributed by atoms with Crippen molar-refractivity contribution in [3.63, 3.8) is 0 Å². The van der Waals surface area contributed by atoms with Gasteiger partial charge in [-0.2, -0.15) is 0 Å². The van der Waals surface area contributed by atoms with Gasteiger partial charge in [-0.1, -0.05) is 0 Å². The molecule has 1 aromatic heterocycles. The molecular weight excluding hydrogens is 232 g/mol. The Bertz CT molecular complexity index is 430. The first kappa shape index (κ1) is 14.4. The number of aryl methyl sites for hydroxylation is 2. The highest BCUT2D eigenvalue weighted by Crippen LogP contribution is 2.19. The molecule has 100 valence electrons. The Morgan fingerprint density at radius 2 is 2.17 bits per heavy atom. The van der Waals surface area contributed by atoms with E-state index in [2.05, 4.69) is 10.3 Å². The van der Waals surface area contributed by atoms with E-state index in [9.17, 15) is 9.90 Å². The maximum atomic E-state index is 11.2. The van der Waals surface area contributed by atoms with Crippen LogP contribution in [0.3, 0.4) is 0 Å².